The molecular formula is C12H16FN2O2. The van der Waals surface area contributed by atoms with Crippen LogP contribution in [0.2, 0.25) is 0 Å². The van der Waals surface area contributed by atoms with Crippen molar-refractivity contribution in [3.8, 4) is 0 Å². The molecule has 17 heavy (non-hydrogen) atoms. The molecule has 1 aliphatic rings. The van der Waals surface area contributed by atoms with Gasteiger partial charge in [-0.3, -0.25) is 0 Å². The number of anilines is 1. The van der Waals surface area contributed by atoms with Crippen LogP contribution >= 0.6 is 0 Å². The predicted molar refractivity (Wildman–Crippen MR) is 61.3 cm³/mol. The fourth-order valence-corrected chi connectivity index (χ4v) is 1.74. The Bertz CT molecular complexity index is 385. The first-order valence-electron chi connectivity index (χ1n) is 5.59. The Morgan fingerprint density at radius 1 is 1.65 bits per heavy atom. The van der Waals surface area contributed by atoms with Crippen molar-refractivity contribution in [2.75, 3.05) is 25.1 Å². The summed E-state index contributed by atoms with van der Waals surface area (Å²) < 4.78 is 24.5. The minimum absolute atomic E-state index is 0.0971. The molecule has 93 valence electrons. The van der Waals surface area contributed by atoms with Gasteiger partial charge in [-0.1, -0.05) is 0 Å². The molecule has 1 unspecified atom stereocenters. The van der Waals surface area contributed by atoms with Crippen LogP contribution in [-0.4, -0.2) is 36.4 Å². The number of nitrogens with zero attached hydrogens (tertiary/aromatic N) is 1. The van der Waals surface area contributed by atoms with Crippen molar-refractivity contribution >= 4 is 5.82 Å². The minimum Gasteiger partial charge on any atom is -0.376 e. The number of pyridine rings is 1. The molecule has 4 nitrogen and oxygen atoms in total. The van der Waals surface area contributed by atoms with Gasteiger partial charge in [-0.25, -0.2) is 9.37 Å². The maximum Gasteiger partial charge on any atom is 0.165 e. The molecule has 2 heterocycles. The molecule has 0 amide bonds. The van der Waals surface area contributed by atoms with E-state index in [1.807, 2.05) is 13.8 Å². The van der Waals surface area contributed by atoms with E-state index < -0.39 is 0 Å². The van der Waals surface area contributed by atoms with Crippen molar-refractivity contribution in [1.29, 1.82) is 0 Å². The first-order valence-corrected chi connectivity index (χ1v) is 5.59. The SMILES string of the molecule is CC1(C)COCC(CNc2n[c]ccc2F)O1. The van der Waals surface area contributed by atoms with Crippen LogP contribution in [0.15, 0.2) is 12.1 Å². The van der Waals surface area contributed by atoms with Gasteiger partial charge in [0.1, 0.15) is 0 Å². The van der Waals surface area contributed by atoms with Gasteiger partial charge in [-0.15, -0.1) is 0 Å². The van der Waals surface area contributed by atoms with Crippen LogP contribution in [0.5, 0.6) is 0 Å². The van der Waals surface area contributed by atoms with E-state index in [1.54, 1.807) is 0 Å². The molecule has 0 aliphatic carbocycles. The molecule has 1 aromatic heterocycles. The van der Waals surface area contributed by atoms with Gasteiger partial charge in [-0.05, 0) is 26.0 Å². The molecule has 0 saturated carbocycles. The molecule has 1 fully saturated rings. The summed E-state index contributed by atoms with van der Waals surface area (Å²) in [5.74, 6) is -0.195. The van der Waals surface area contributed by atoms with E-state index in [-0.39, 0.29) is 23.3 Å². The number of rotatable bonds is 3. The fourth-order valence-electron chi connectivity index (χ4n) is 1.74. The van der Waals surface area contributed by atoms with Gasteiger partial charge in [-0.2, -0.15) is 0 Å². The third kappa shape index (κ3) is 3.38. The van der Waals surface area contributed by atoms with Gasteiger partial charge >= 0.3 is 0 Å². The second-order valence-electron chi connectivity index (χ2n) is 4.67. The summed E-state index contributed by atoms with van der Waals surface area (Å²) >= 11 is 0. The quantitative estimate of drug-likeness (QED) is 0.870. The second-order valence-corrected chi connectivity index (χ2v) is 4.67. The van der Waals surface area contributed by atoms with E-state index in [2.05, 4.69) is 16.5 Å². The largest absolute Gasteiger partial charge is 0.376 e. The lowest BCUT2D eigenvalue weighted by molar-refractivity contribution is -0.177. The average molecular weight is 239 g/mol. The lowest BCUT2D eigenvalue weighted by atomic mass is 10.1. The van der Waals surface area contributed by atoms with E-state index in [1.165, 1.54) is 12.1 Å². The summed E-state index contributed by atoms with van der Waals surface area (Å²) in [6, 6.07) is 2.75. The molecule has 0 aromatic carbocycles. The van der Waals surface area contributed by atoms with Gasteiger partial charge in [0.2, 0.25) is 0 Å². The minimum atomic E-state index is -0.389. The molecular weight excluding hydrogens is 223 g/mol. The van der Waals surface area contributed by atoms with E-state index in [0.717, 1.165) is 0 Å². The Morgan fingerprint density at radius 2 is 2.47 bits per heavy atom. The molecule has 1 aliphatic heterocycles. The van der Waals surface area contributed by atoms with Crippen LogP contribution in [0.1, 0.15) is 13.8 Å². The highest BCUT2D eigenvalue weighted by atomic mass is 19.1. The predicted octanol–water partition coefficient (Wildman–Crippen LogP) is 1.63. The Labute approximate surface area is 100 Å². The second kappa shape index (κ2) is 4.98. The lowest BCUT2D eigenvalue weighted by Crippen LogP contribution is -2.45. The molecule has 1 radical (unpaired) electrons. The molecule has 1 saturated heterocycles. The average Bonchev–Trinajstić information content (AvgIpc) is 2.27. The summed E-state index contributed by atoms with van der Waals surface area (Å²) in [6.45, 7) is 5.48. The Kier molecular flexibility index (Phi) is 3.59. The van der Waals surface area contributed by atoms with Crippen LogP contribution in [0.25, 0.3) is 0 Å². The van der Waals surface area contributed by atoms with Gasteiger partial charge in [0.15, 0.2) is 11.6 Å². The van der Waals surface area contributed by atoms with E-state index in [4.69, 9.17) is 9.47 Å². The zero-order chi connectivity index (χ0) is 12.3. The Morgan fingerprint density at radius 3 is 3.18 bits per heavy atom. The maximum atomic E-state index is 13.3. The topological polar surface area (TPSA) is 43.4 Å². The number of hydrogen-bond acceptors (Lipinski definition) is 4. The number of halogens is 1. The molecule has 1 N–H and O–H groups in total. The fraction of sp³-hybridized carbons (Fsp3) is 0.583. The normalized spacial score (nSPS) is 23.4. The summed E-state index contributed by atoms with van der Waals surface area (Å²) in [7, 11) is 0. The van der Waals surface area contributed by atoms with Crippen molar-refractivity contribution in [3.05, 3.63) is 24.1 Å². The van der Waals surface area contributed by atoms with E-state index in [0.29, 0.717) is 19.8 Å². The van der Waals surface area contributed by atoms with E-state index >= 15 is 0 Å². The summed E-state index contributed by atoms with van der Waals surface area (Å²) in [6.07, 6.45) is 2.48. The van der Waals surface area contributed by atoms with Crippen molar-refractivity contribution < 1.29 is 13.9 Å². The standard InChI is InChI=1S/C12H16FN2O2/c1-12(2)8-16-7-9(17-12)6-15-11-10(13)4-3-5-14-11/h3-4,9H,6-8H2,1-2H3,(H,14,15). The third-order valence-corrected chi connectivity index (χ3v) is 2.44. The molecule has 0 bridgehead atoms. The van der Waals surface area contributed by atoms with Crippen LogP contribution in [0, 0.1) is 12.0 Å². The maximum absolute atomic E-state index is 13.3. The number of ether oxygens (including phenoxy) is 2. The van der Waals surface area contributed by atoms with Gasteiger partial charge in [0, 0.05) is 6.54 Å². The number of aromatic nitrogens is 1. The molecule has 1 aromatic rings. The van der Waals surface area contributed by atoms with Crippen molar-refractivity contribution in [2.45, 2.75) is 25.6 Å². The zero-order valence-corrected chi connectivity index (χ0v) is 10.00. The van der Waals surface area contributed by atoms with Gasteiger partial charge < -0.3 is 14.8 Å². The van der Waals surface area contributed by atoms with Gasteiger partial charge in [0.25, 0.3) is 0 Å². The van der Waals surface area contributed by atoms with Crippen molar-refractivity contribution in [2.24, 2.45) is 0 Å². The monoisotopic (exact) mass is 239 g/mol. The molecule has 5 heteroatoms. The highest BCUT2D eigenvalue weighted by Gasteiger charge is 2.29. The molecule has 1 atom stereocenters. The number of hydrogen-bond donors (Lipinski definition) is 1. The third-order valence-electron chi connectivity index (χ3n) is 2.44. The van der Waals surface area contributed by atoms with Crippen LogP contribution < -0.4 is 5.32 Å². The first-order chi connectivity index (χ1) is 8.07. The molecule has 0 spiro atoms. The van der Waals surface area contributed by atoms with E-state index in [9.17, 15) is 4.39 Å². The highest BCUT2D eigenvalue weighted by Crippen LogP contribution is 2.19. The summed E-state index contributed by atoms with van der Waals surface area (Å²) in [5.41, 5.74) is -0.292. The summed E-state index contributed by atoms with van der Waals surface area (Å²) in [4.78, 5) is 3.79. The Hall–Kier alpha value is -1.20. The first kappa shape index (κ1) is 12.3. The van der Waals surface area contributed by atoms with Crippen LogP contribution in [0.3, 0.4) is 0 Å². The van der Waals surface area contributed by atoms with Crippen molar-refractivity contribution in [3.63, 3.8) is 0 Å². The van der Waals surface area contributed by atoms with Crippen LogP contribution in [-0.2, 0) is 9.47 Å². The Balaban J connectivity index is 1.88. The van der Waals surface area contributed by atoms with Crippen LogP contribution in [0.4, 0.5) is 10.2 Å². The smallest absolute Gasteiger partial charge is 0.165 e. The van der Waals surface area contributed by atoms with Crippen molar-refractivity contribution in [1.82, 2.24) is 4.98 Å². The van der Waals surface area contributed by atoms with Gasteiger partial charge in [0.05, 0.1) is 31.1 Å². The lowest BCUT2D eigenvalue weighted by Gasteiger charge is -2.35. The summed E-state index contributed by atoms with van der Waals surface area (Å²) in [5, 5.41) is 2.90. The molecule has 2 rings (SSSR count). The zero-order valence-electron chi connectivity index (χ0n) is 10.00. The number of nitrogens with one attached hydrogen (secondary N) is 1. The highest BCUT2D eigenvalue weighted by molar-refractivity contribution is 5.35.